The summed E-state index contributed by atoms with van der Waals surface area (Å²) < 4.78 is 5.62. The summed E-state index contributed by atoms with van der Waals surface area (Å²) in [5, 5.41) is 6.31. The normalized spacial score (nSPS) is 19.8. The number of nitrogens with zero attached hydrogens (tertiary/aromatic N) is 1. The van der Waals surface area contributed by atoms with E-state index in [-0.39, 0.29) is 29.9 Å². The average molecular weight is 450 g/mol. The molecule has 2 saturated heterocycles. The summed E-state index contributed by atoms with van der Waals surface area (Å²) in [4.78, 5) is 28.1. The molecule has 2 heterocycles. The highest BCUT2D eigenvalue weighted by Gasteiger charge is 2.26. The first-order valence-electron chi connectivity index (χ1n) is 12.2. The maximum Gasteiger partial charge on any atom is 0.253 e. The van der Waals surface area contributed by atoms with Gasteiger partial charge in [-0.25, -0.2) is 0 Å². The van der Waals surface area contributed by atoms with Gasteiger partial charge >= 0.3 is 0 Å². The summed E-state index contributed by atoms with van der Waals surface area (Å²) in [6, 6.07) is 17.9. The maximum atomic E-state index is 12.9. The molecule has 33 heavy (non-hydrogen) atoms. The smallest absolute Gasteiger partial charge is 0.253 e. The Morgan fingerprint density at radius 2 is 1.76 bits per heavy atom. The molecule has 0 bridgehead atoms. The minimum atomic E-state index is -0.113. The van der Waals surface area contributed by atoms with E-state index in [1.165, 1.54) is 0 Å². The quantitative estimate of drug-likeness (QED) is 0.642. The number of nitrogens with one attached hydrogen (secondary N) is 2. The van der Waals surface area contributed by atoms with Crippen LogP contribution in [0.5, 0.6) is 0 Å². The van der Waals surface area contributed by atoms with Crippen molar-refractivity contribution in [2.45, 2.75) is 57.1 Å². The number of ether oxygens (including phenoxy) is 1. The topological polar surface area (TPSA) is 70.7 Å². The highest BCUT2D eigenvalue weighted by molar-refractivity contribution is 5.99. The van der Waals surface area contributed by atoms with Gasteiger partial charge in [0.15, 0.2) is 0 Å². The zero-order valence-electron chi connectivity index (χ0n) is 19.5. The molecule has 2 unspecified atom stereocenters. The van der Waals surface area contributed by atoms with Gasteiger partial charge in [0.05, 0.1) is 17.6 Å². The summed E-state index contributed by atoms with van der Waals surface area (Å²) in [6.07, 6.45) is 4.70. The molecule has 0 aromatic heterocycles. The first kappa shape index (κ1) is 23.3. The summed E-state index contributed by atoms with van der Waals surface area (Å²) in [6.45, 7) is 5.01. The molecule has 2 N–H and O–H groups in total. The molecule has 2 aromatic carbocycles. The zero-order valence-corrected chi connectivity index (χ0v) is 19.5. The van der Waals surface area contributed by atoms with Crippen LogP contribution in [-0.2, 0) is 9.53 Å². The van der Waals surface area contributed by atoms with E-state index in [2.05, 4.69) is 22.5 Å². The van der Waals surface area contributed by atoms with E-state index >= 15 is 0 Å². The van der Waals surface area contributed by atoms with Crippen molar-refractivity contribution in [3.05, 3.63) is 65.7 Å². The van der Waals surface area contributed by atoms with Crippen LogP contribution in [0.2, 0.25) is 0 Å². The van der Waals surface area contributed by atoms with Crippen LogP contribution in [0.15, 0.2) is 54.6 Å². The van der Waals surface area contributed by atoms with Gasteiger partial charge < -0.3 is 20.3 Å². The van der Waals surface area contributed by atoms with E-state index < -0.39 is 0 Å². The molecular formula is C27H35N3O3. The van der Waals surface area contributed by atoms with Crippen LogP contribution in [0, 0.1) is 0 Å². The number of hydrogen-bond acceptors (Lipinski definition) is 4. The fourth-order valence-corrected chi connectivity index (χ4v) is 4.87. The second-order valence-electron chi connectivity index (χ2n) is 9.00. The summed E-state index contributed by atoms with van der Waals surface area (Å²) >= 11 is 0. The largest absolute Gasteiger partial charge is 0.376 e. The number of hydrogen-bond donors (Lipinski definition) is 2. The summed E-state index contributed by atoms with van der Waals surface area (Å²) in [5.41, 5.74) is 2.73. The fraction of sp³-hybridized carbons (Fsp3) is 0.481. The van der Waals surface area contributed by atoms with Crippen molar-refractivity contribution in [3.8, 4) is 0 Å². The van der Waals surface area contributed by atoms with Crippen LogP contribution in [-0.4, -0.2) is 50.2 Å². The predicted molar refractivity (Wildman–Crippen MR) is 131 cm³/mol. The Kier molecular flexibility index (Phi) is 8.00. The average Bonchev–Trinajstić information content (AvgIpc) is 3.38. The Bertz CT molecular complexity index is 919. The fourth-order valence-electron chi connectivity index (χ4n) is 4.87. The predicted octanol–water partition coefficient (Wildman–Crippen LogP) is 3.87. The molecule has 2 aromatic rings. The van der Waals surface area contributed by atoms with Crippen molar-refractivity contribution < 1.29 is 14.3 Å². The van der Waals surface area contributed by atoms with Crippen LogP contribution in [0.3, 0.4) is 0 Å². The highest BCUT2D eigenvalue weighted by atomic mass is 16.5. The van der Waals surface area contributed by atoms with E-state index in [1.807, 2.05) is 54.6 Å². The molecule has 2 aliphatic rings. The van der Waals surface area contributed by atoms with Crippen LogP contribution in [0.25, 0.3) is 0 Å². The third-order valence-corrected chi connectivity index (χ3v) is 6.77. The van der Waals surface area contributed by atoms with E-state index in [1.54, 1.807) is 0 Å². The van der Waals surface area contributed by atoms with Crippen molar-refractivity contribution in [2.75, 3.05) is 31.1 Å². The summed E-state index contributed by atoms with van der Waals surface area (Å²) in [7, 11) is 0. The van der Waals surface area contributed by atoms with Gasteiger partial charge in [-0.05, 0) is 49.8 Å². The number of rotatable bonds is 8. The number of anilines is 1. The highest BCUT2D eigenvalue weighted by Crippen LogP contribution is 2.26. The molecule has 2 fully saturated rings. The lowest BCUT2D eigenvalue weighted by atomic mass is 9.94. The monoisotopic (exact) mass is 449 g/mol. The summed E-state index contributed by atoms with van der Waals surface area (Å²) in [5.74, 6) is -0.0567. The second-order valence-corrected chi connectivity index (χ2v) is 9.00. The third-order valence-electron chi connectivity index (χ3n) is 6.77. The van der Waals surface area contributed by atoms with E-state index in [9.17, 15) is 9.59 Å². The van der Waals surface area contributed by atoms with Crippen LogP contribution in [0.1, 0.15) is 60.9 Å². The van der Waals surface area contributed by atoms with E-state index in [0.29, 0.717) is 12.1 Å². The molecular weight excluding hydrogens is 414 g/mol. The molecule has 6 heteroatoms. The Morgan fingerprint density at radius 1 is 1.03 bits per heavy atom. The molecule has 0 aliphatic carbocycles. The van der Waals surface area contributed by atoms with Gasteiger partial charge in [0.1, 0.15) is 0 Å². The molecule has 6 nitrogen and oxygen atoms in total. The Labute approximate surface area is 196 Å². The molecule has 0 spiro atoms. The number of piperidine rings is 1. The van der Waals surface area contributed by atoms with Crippen molar-refractivity contribution in [3.63, 3.8) is 0 Å². The second kappa shape index (κ2) is 11.3. The number of amides is 2. The number of carbonyl (C=O) groups is 2. The van der Waals surface area contributed by atoms with Gasteiger partial charge in [0.2, 0.25) is 5.91 Å². The van der Waals surface area contributed by atoms with Crippen molar-refractivity contribution in [1.82, 2.24) is 10.6 Å². The molecule has 2 atom stereocenters. The van der Waals surface area contributed by atoms with Gasteiger partial charge in [-0.1, -0.05) is 49.4 Å². The Balaban J connectivity index is 1.32. The number of para-hydroxylation sites is 1. The Hall–Kier alpha value is -2.86. The lowest BCUT2D eigenvalue weighted by molar-refractivity contribution is -0.123. The molecule has 4 rings (SSSR count). The van der Waals surface area contributed by atoms with Crippen LogP contribution in [0.4, 0.5) is 5.69 Å². The minimum Gasteiger partial charge on any atom is -0.376 e. The van der Waals surface area contributed by atoms with Crippen LogP contribution < -0.4 is 15.5 Å². The molecule has 176 valence electrons. The minimum absolute atomic E-state index is 0.0508. The van der Waals surface area contributed by atoms with E-state index in [0.717, 1.165) is 63.1 Å². The van der Waals surface area contributed by atoms with Gasteiger partial charge in [0, 0.05) is 38.0 Å². The van der Waals surface area contributed by atoms with Crippen LogP contribution >= 0.6 is 0 Å². The van der Waals surface area contributed by atoms with Gasteiger partial charge in [-0.15, -0.1) is 0 Å². The SMILES string of the molecule is CCC(C(=O)NC1CCN(c2ccccc2C(=O)NCC2CCCO2)CC1)c1ccccc1. The number of carbonyl (C=O) groups excluding carboxylic acids is 2. The molecule has 0 radical (unpaired) electrons. The first-order chi connectivity index (χ1) is 16.2. The lowest BCUT2D eigenvalue weighted by Gasteiger charge is -2.35. The first-order valence-corrected chi connectivity index (χ1v) is 12.2. The number of benzene rings is 2. The third kappa shape index (κ3) is 5.93. The van der Waals surface area contributed by atoms with Crippen molar-refractivity contribution >= 4 is 17.5 Å². The molecule has 2 amide bonds. The maximum absolute atomic E-state index is 12.9. The Morgan fingerprint density at radius 3 is 2.45 bits per heavy atom. The molecule has 0 saturated carbocycles. The van der Waals surface area contributed by atoms with Gasteiger partial charge in [0.25, 0.3) is 5.91 Å². The van der Waals surface area contributed by atoms with Crippen molar-refractivity contribution in [2.24, 2.45) is 0 Å². The van der Waals surface area contributed by atoms with Gasteiger partial charge in [-0.3, -0.25) is 9.59 Å². The standard InChI is InChI=1S/C27H35N3O3/c1-2-23(20-9-4-3-5-10-20)27(32)29-21-14-16-30(17-15-21)25-13-7-6-12-24(25)26(31)28-19-22-11-8-18-33-22/h3-7,9-10,12-13,21-23H,2,8,11,14-19H2,1H3,(H,28,31)(H,29,32). The molecule has 2 aliphatic heterocycles. The van der Waals surface area contributed by atoms with E-state index in [4.69, 9.17) is 4.74 Å². The zero-order chi connectivity index (χ0) is 23.0. The van der Waals surface area contributed by atoms with Crippen molar-refractivity contribution in [1.29, 1.82) is 0 Å². The van der Waals surface area contributed by atoms with Gasteiger partial charge in [-0.2, -0.15) is 0 Å². The lowest BCUT2D eigenvalue weighted by Crippen LogP contribution is -2.46.